The van der Waals surface area contributed by atoms with Gasteiger partial charge in [0, 0.05) is 24.6 Å². The summed E-state index contributed by atoms with van der Waals surface area (Å²) in [6, 6.07) is 9.70. The average molecular weight is 336 g/mol. The Morgan fingerprint density at radius 1 is 1.12 bits per heavy atom. The third-order valence-electron chi connectivity index (χ3n) is 4.39. The molecule has 0 aliphatic carbocycles. The van der Waals surface area contributed by atoms with Gasteiger partial charge in [0.15, 0.2) is 0 Å². The highest BCUT2D eigenvalue weighted by Crippen LogP contribution is 2.15. The van der Waals surface area contributed by atoms with Gasteiger partial charge in [0.2, 0.25) is 5.82 Å². The van der Waals surface area contributed by atoms with E-state index in [9.17, 15) is 4.79 Å². The molecule has 0 bridgehead atoms. The van der Waals surface area contributed by atoms with Crippen LogP contribution in [0.25, 0.3) is 5.78 Å². The normalized spacial score (nSPS) is 15.4. The molecule has 7 heteroatoms. The SMILES string of the molecule is O=C(Nc1ccc(CN2CCCCC2)cc1)c1nc2ncccn2n1. The van der Waals surface area contributed by atoms with E-state index in [-0.39, 0.29) is 11.7 Å². The number of fused-ring (bicyclic) bond motifs is 1. The van der Waals surface area contributed by atoms with E-state index in [2.05, 4.69) is 37.4 Å². The zero-order chi connectivity index (χ0) is 17.1. The number of amides is 1. The zero-order valence-corrected chi connectivity index (χ0v) is 13.9. The largest absolute Gasteiger partial charge is 0.319 e. The maximum Gasteiger partial charge on any atom is 0.295 e. The van der Waals surface area contributed by atoms with E-state index in [0.717, 1.165) is 12.2 Å². The number of nitrogens with zero attached hydrogens (tertiary/aromatic N) is 5. The van der Waals surface area contributed by atoms with Crippen LogP contribution in [0.5, 0.6) is 0 Å². The minimum Gasteiger partial charge on any atom is -0.319 e. The number of rotatable bonds is 4. The quantitative estimate of drug-likeness (QED) is 0.791. The second kappa shape index (κ2) is 6.98. The van der Waals surface area contributed by atoms with Crippen molar-refractivity contribution in [3.05, 3.63) is 54.1 Å². The topological polar surface area (TPSA) is 75.4 Å². The van der Waals surface area contributed by atoms with Crippen LogP contribution >= 0.6 is 0 Å². The summed E-state index contributed by atoms with van der Waals surface area (Å²) in [5, 5.41) is 6.96. The maximum absolute atomic E-state index is 12.3. The Kier molecular flexibility index (Phi) is 4.39. The third-order valence-corrected chi connectivity index (χ3v) is 4.39. The van der Waals surface area contributed by atoms with E-state index in [0.29, 0.717) is 5.78 Å². The smallest absolute Gasteiger partial charge is 0.295 e. The first-order chi connectivity index (χ1) is 12.3. The van der Waals surface area contributed by atoms with Gasteiger partial charge in [-0.15, -0.1) is 5.10 Å². The zero-order valence-electron chi connectivity index (χ0n) is 13.9. The molecule has 1 aliphatic rings. The molecule has 0 unspecified atom stereocenters. The summed E-state index contributed by atoms with van der Waals surface area (Å²) in [7, 11) is 0. The molecular formula is C18H20N6O. The van der Waals surface area contributed by atoms with Crippen LogP contribution in [-0.2, 0) is 6.54 Å². The molecule has 4 rings (SSSR count). The fraction of sp³-hybridized carbons (Fsp3) is 0.333. The van der Waals surface area contributed by atoms with Gasteiger partial charge in [0.25, 0.3) is 11.7 Å². The third kappa shape index (κ3) is 3.66. The molecule has 7 nitrogen and oxygen atoms in total. The van der Waals surface area contributed by atoms with Crippen molar-refractivity contribution in [2.75, 3.05) is 18.4 Å². The van der Waals surface area contributed by atoms with Crippen LogP contribution in [0.3, 0.4) is 0 Å². The van der Waals surface area contributed by atoms with Gasteiger partial charge in [0.1, 0.15) is 0 Å². The highest BCUT2D eigenvalue weighted by atomic mass is 16.2. The van der Waals surface area contributed by atoms with E-state index in [4.69, 9.17) is 0 Å². The minimum absolute atomic E-state index is 0.107. The lowest BCUT2D eigenvalue weighted by atomic mass is 10.1. The summed E-state index contributed by atoms with van der Waals surface area (Å²) < 4.78 is 1.48. The summed E-state index contributed by atoms with van der Waals surface area (Å²) in [4.78, 5) is 23.0. The van der Waals surface area contributed by atoms with Crippen molar-refractivity contribution >= 4 is 17.4 Å². The van der Waals surface area contributed by atoms with Gasteiger partial charge < -0.3 is 5.32 Å². The first-order valence-electron chi connectivity index (χ1n) is 8.58. The molecule has 3 aromatic rings. The maximum atomic E-state index is 12.3. The summed E-state index contributed by atoms with van der Waals surface area (Å²) in [5.41, 5.74) is 1.99. The summed E-state index contributed by atoms with van der Waals surface area (Å²) in [6.45, 7) is 3.31. The Morgan fingerprint density at radius 3 is 2.68 bits per heavy atom. The number of anilines is 1. The molecule has 0 atom stereocenters. The highest BCUT2D eigenvalue weighted by Gasteiger charge is 2.14. The van der Waals surface area contributed by atoms with Crippen LogP contribution in [0.15, 0.2) is 42.7 Å². The van der Waals surface area contributed by atoms with Crippen molar-refractivity contribution in [2.24, 2.45) is 0 Å². The number of benzene rings is 1. The van der Waals surface area contributed by atoms with E-state index in [1.807, 2.05) is 12.1 Å². The fourth-order valence-electron chi connectivity index (χ4n) is 3.09. The van der Waals surface area contributed by atoms with Gasteiger partial charge in [-0.2, -0.15) is 4.98 Å². The van der Waals surface area contributed by atoms with Gasteiger partial charge in [-0.25, -0.2) is 9.50 Å². The van der Waals surface area contributed by atoms with E-state index < -0.39 is 0 Å². The second-order valence-electron chi connectivity index (χ2n) is 6.29. The lowest BCUT2D eigenvalue weighted by molar-refractivity contribution is 0.101. The Labute approximate surface area is 145 Å². The highest BCUT2D eigenvalue weighted by molar-refractivity contribution is 6.01. The summed E-state index contributed by atoms with van der Waals surface area (Å²) in [5.74, 6) is 0.176. The van der Waals surface area contributed by atoms with Crippen LogP contribution in [-0.4, -0.2) is 43.5 Å². The van der Waals surface area contributed by atoms with Crippen molar-refractivity contribution in [3.8, 4) is 0 Å². The van der Waals surface area contributed by atoms with Gasteiger partial charge in [-0.05, 0) is 49.7 Å². The number of piperidine rings is 1. The number of hydrogen-bond acceptors (Lipinski definition) is 5. The Morgan fingerprint density at radius 2 is 1.92 bits per heavy atom. The number of carbonyl (C=O) groups excluding carboxylic acids is 1. The molecule has 25 heavy (non-hydrogen) atoms. The second-order valence-corrected chi connectivity index (χ2v) is 6.29. The van der Waals surface area contributed by atoms with Gasteiger partial charge in [-0.1, -0.05) is 18.6 Å². The molecule has 1 aliphatic heterocycles. The lowest BCUT2D eigenvalue weighted by Gasteiger charge is -2.26. The van der Waals surface area contributed by atoms with Gasteiger partial charge in [0.05, 0.1) is 0 Å². The standard InChI is InChI=1S/C18H20N6O/c25-17(16-21-18-19-9-4-12-24(18)22-16)20-15-7-5-14(6-8-15)13-23-10-2-1-3-11-23/h4-9,12H,1-3,10-11,13H2,(H,20,25). The molecule has 0 saturated carbocycles. The van der Waals surface area contributed by atoms with Crippen molar-refractivity contribution in [1.29, 1.82) is 0 Å². The van der Waals surface area contributed by atoms with E-state index in [1.54, 1.807) is 18.5 Å². The fourth-order valence-corrected chi connectivity index (χ4v) is 3.09. The molecule has 1 fully saturated rings. The van der Waals surface area contributed by atoms with Crippen molar-refractivity contribution in [2.45, 2.75) is 25.8 Å². The molecule has 1 N–H and O–H groups in total. The first-order valence-corrected chi connectivity index (χ1v) is 8.58. The molecule has 128 valence electrons. The molecule has 1 amide bonds. The number of aromatic nitrogens is 4. The first kappa shape index (κ1) is 15.7. The predicted molar refractivity (Wildman–Crippen MR) is 94.3 cm³/mol. The number of carbonyl (C=O) groups is 1. The Bertz CT molecular complexity index is 834. The molecule has 1 saturated heterocycles. The Balaban J connectivity index is 1.40. The molecule has 0 radical (unpaired) electrons. The number of nitrogens with one attached hydrogen (secondary N) is 1. The molecule has 0 spiro atoms. The average Bonchev–Trinajstić information content (AvgIpc) is 3.09. The monoisotopic (exact) mass is 336 g/mol. The van der Waals surface area contributed by atoms with Crippen LogP contribution in [0.1, 0.15) is 35.4 Å². The van der Waals surface area contributed by atoms with Gasteiger partial charge >= 0.3 is 0 Å². The number of likely N-dealkylation sites (tertiary alicyclic amines) is 1. The van der Waals surface area contributed by atoms with E-state index in [1.165, 1.54) is 42.4 Å². The van der Waals surface area contributed by atoms with Crippen LogP contribution in [0, 0.1) is 0 Å². The Hall–Kier alpha value is -2.80. The van der Waals surface area contributed by atoms with E-state index >= 15 is 0 Å². The molecule has 2 aromatic heterocycles. The predicted octanol–water partition coefficient (Wildman–Crippen LogP) is 2.36. The van der Waals surface area contributed by atoms with Crippen LogP contribution < -0.4 is 5.32 Å². The summed E-state index contributed by atoms with van der Waals surface area (Å²) in [6.07, 6.45) is 7.24. The summed E-state index contributed by atoms with van der Waals surface area (Å²) >= 11 is 0. The van der Waals surface area contributed by atoms with Crippen LogP contribution in [0.2, 0.25) is 0 Å². The number of hydrogen-bond donors (Lipinski definition) is 1. The van der Waals surface area contributed by atoms with Gasteiger partial charge in [-0.3, -0.25) is 9.69 Å². The van der Waals surface area contributed by atoms with Crippen molar-refractivity contribution < 1.29 is 4.79 Å². The minimum atomic E-state index is -0.339. The molecular weight excluding hydrogens is 316 g/mol. The molecule has 1 aromatic carbocycles. The van der Waals surface area contributed by atoms with Crippen LogP contribution in [0.4, 0.5) is 5.69 Å². The van der Waals surface area contributed by atoms with Crippen molar-refractivity contribution in [1.82, 2.24) is 24.5 Å². The molecule has 3 heterocycles. The van der Waals surface area contributed by atoms with Crippen molar-refractivity contribution in [3.63, 3.8) is 0 Å². The lowest BCUT2D eigenvalue weighted by Crippen LogP contribution is -2.29.